The molecule has 0 radical (unpaired) electrons. The highest BCUT2D eigenvalue weighted by Gasteiger charge is 2.35. The highest BCUT2D eigenvalue weighted by atomic mass is 19.4. The number of nitrogens with one attached hydrogen (secondary N) is 1. The van der Waals surface area contributed by atoms with Crippen LogP contribution in [0.1, 0.15) is 21.7 Å². The molecule has 0 fully saturated rings. The van der Waals surface area contributed by atoms with Crippen LogP contribution in [0.25, 0.3) is 10.9 Å². The van der Waals surface area contributed by atoms with E-state index in [1.165, 1.54) is 13.2 Å². The Bertz CT molecular complexity index is 957. The number of anilines is 1. The van der Waals surface area contributed by atoms with Gasteiger partial charge in [0, 0.05) is 11.9 Å². The zero-order valence-electron chi connectivity index (χ0n) is 14.4. The van der Waals surface area contributed by atoms with Gasteiger partial charge in [0.15, 0.2) is 0 Å². The molecule has 0 spiro atoms. The van der Waals surface area contributed by atoms with Crippen LogP contribution in [0, 0.1) is 0 Å². The first-order valence-electron chi connectivity index (χ1n) is 8.13. The van der Waals surface area contributed by atoms with Crippen LogP contribution in [0.4, 0.5) is 19.0 Å². The molecule has 27 heavy (non-hydrogen) atoms. The van der Waals surface area contributed by atoms with Gasteiger partial charge in [0.2, 0.25) is 5.82 Å². The van der Waals surface area contributed by atoms with Crippen LogP contribution in [0.15, 0.2) is 48.5 Å². The summed E-state index contributed by atoms with van der Waals surface area (Å²) in [4.78, 5) is 18.7. The van der Waals surface area contributed by atoms with Crippen molar-refractivity contribution in [3.05, 3.63) is 65.5 Å². The summed E-state index contributed by atoms with van der Waals surface area (Å²) in [6.07, 6.45) is -4.08. The molecule has 0 unspecified atom stereocenters. The number of rotatable bonds is 5. The highest BCUT2D eigenvalue weighted by Crippen LogP contribution is 2.30. The zero-order chi connectivity index (χ0) is 19.4. The molecule has 2 aromatic carbocycles. The second-order valence-corrected chi connectivity index (χ2v) is 5.78. The summed E-state index contributed by atoms with van der Waals surface area (Å²) < 4.78 is 43.7. The standard InChI is InChI=1S/C19H16F3N3O2/c1-27-17(26)13-8-6-12(7-9-13)10-11-23-16-14-4-2-3-5-15(14)24-18(25-16)19(20,21)22/h2-9H,10-11H2,1H3,(H,23,24,25). The molecule has 0 aliphatic rings. The fraction of sp³-hybridized carbons (Fsp3) is 0.211. The van der Waals surface area contributed by atoms with E-state index in [2.05, 4.69) is 20.0 Å². The molecule has 140 valence electrons. The van der Waals surface area contributed by atoms with Gasteiger partial charge < -0.3 is 10.1 Å². The fourth-order valence-electron chi connectivity index (χ4n) is 2.59. The Hall–Kier alpha value is -3.16. The molecule has 1 heterocycles. The van der Waals surface area contributed by atoms with E-state index < -0.39 is 18.0 Å². The van der Waals surface area contributed by atoms with Gasteiger partial charge in [-0.15, -0.1) is 0 Å². The quantitative estimate of drug-likeness (QED) is 0.681. The molecule has 3 aromatic rings. The molecule has 1 N–H and O–H groups in total. The number of esters is 1. The number of halogens is 3. The monoisotopic (exact) mass is 375 g/mol. The van der Waals surface area contributed by atoms with Crippen LogP contribution in [-0.2, 0) is 17.3 Å². The highest BCUT2D eigenvalue weighted by molar-refractivity contribution is 5.89. The van der Waals surface area contributed by atoms with Crippen molar-refractivity contribution in [1.29, 1.82) is 0 Å². The van der Waals surface area contributed by atoms with Crippen molar-refractivity contribution in [2.24, 2.45) is 0 Å². The number of methoxy groups -OCH3 is 1. The predicted molar refractivity (Wildman–Crippen MR) is 94.5 cm³/mol. The molecule has 0 amide bonds. The molecule has 3 rings (SSSR count). The summed E-state index contributed by atoms with van der Waals surface area (Å²) in [5, 5.41) is 3.47. The first-order valence-corrected chi connectivity index (χ1v) is 8.13. The van der Waals surface area contributed by atoms with Gasteiger partial charge in [-0.1, -0.05) is 24.3 Å². The van der Waals surface area contributed by atoms with Crippen molar-refractivity contribution in [2.75, 3.05) is 19.0 Å². The van der Waals surface area contributed by atoms with Gasteiger partial charge in [0.05, 0.1) is 18.2 Å². The molecule has 1 aromatic heterocycles. The van der Waals surface area contributed by atoms with Gasteiger partial charge in [-0.3, -0.25) is 0 Å². The van der Waals surface area contributed by atoms with Crippen molar-refractivity contribution >= 4 is 22.7 Å². The number of aromatic nitrogens is 2. The molecule has 0 saturated heterocycles. The minimum atomic E-state index is -4.62. The lowest BCUT2D eigenvalue weighted by Gasteiger charge is -2.12. The third-order valence-corrected chi connectivity index (χ3v) is 3.94. The lowest BCUT2D eigenvalue weighted by atomic mass is 10.1. The van der Waals surface area contributed by atoms with Crippen LogP contribution < -0.4 is 5.32 Å². The maximum Gasteiger partial charge on any atom is 0.451 e. The van der Waals surface area contributed by atoms with Crippen LogP contribution in [-0.4, -0.2) is 29.6 Å². The maximum absolute atomic E-state index is 13.0. The van der Waals surface area contributed by atoms with Gasteiger partial charge >= 0.3 is 12.1 Å². The first-order chi connectivity index (χ1) is 12.9. The van der Waals surface area contributed by atoms with Crippen LogP contribution >= 0.6 is 0 Å². The van der Waals surface area contributed by atoms with E-state index in [1.54, 1.807) is 42.5 Å². The van der Waals surface area contributed by atoms with Crippen molar-refractivity contribution < 1.29 is 22.7 Å². The Kier molecular flexibility index (Phi) is 5.25. The van der Waals surface area contributed by atoms with E-state index in [4.69, 9.17) is 0 Å². The Labute approximate surface area is 153 Å². The van der Waals surface area contributed by atoms with Crippen molar-refractivity contribution in [3.63, 3.8) is 0 Å². The molecule has 8 heteroatoms. The number of nitrogens with zero attached hydrogens (tertiary/aromatic N) is 2. The van der Waals surface area contributed by atoms with Gasteiger partial charge in [0.25, 0.3) is 0 Å². The van der Waals surface area contributed by atoms with E-state index in [0.29, 0.717) is 23.9 Å². The normalized spacial score (nSPS) is 11.4. The minimum Gasteiger partial charge on any atom is -0.465 e. The van der Waals surface area contributed by atoms with Gasteiger partial charge in [-0.05, 0) is 36.2 Å². The van der Waals surface area contributed by atoms with Gasteiger partial charge in [0.1, 0.15) is 5.82 Å². The Balaban J connectivity index is 1.76. The Morgan fingerprint density at radius 1 is 1.07 bits per heavy atom. The average Bonchev–Trinajstić information content (AvgIpc) is 2.67. The number of para-hydroxylation sites is 1. The summed E-state index contributed by atoms with van der Waals surface area (Å²) in [7, 11) is 1.31. The molecule has 5 nitrogen and oxygen atoms in total. The molecule has 0 bridgehead atoms. The summed E-state index contributed by atoms with van der Waals surface area (Å²) in [6, 6.07) is 13.4. The van der Waals surface area contributed by atoms with Crippen LogP contribution in [0.5, 0.6) is 0 Å². The zero-order valence-corrected chi connectivity index (χ0v) is 14.4. The number of hydrogen-bond acceptors (Lipinski definition) is 5. The topological polar surface area (TPSA) is 64.1 Å². The molecular weight excluding hydrogens is 359 g/mol. The fourth-order valence-corrected chi connectivity index (χ4v) is 2.59. The number of fused-ring (bicyclic) bond motifs is 1. The lowest BCUT2D eigenvalue weighted by Crippen LogP contribution is -2.14. The Morgan fingerprint density at radius 3 is 2.44 bits per heavy atom. The van der Waals surface area contributed by atoms with E-state index in [9.17, 15) is 18.0 Å². The van der Waals surface area contributed by atoms with E-state index >= 15 is 0 Å². The average molecular weight is 375 g/mol. The van der Waals surface area contributed by atoms with Crippen molar-refractivity contribution in [3.8, 4) is 0 Å². The van der Waals surface area contributed by atoms with Gasteiger partial charge in [-0.2, -0.15) is 13.2 Å². The van der Waals surface area contributed by atoms with E-state index in [-0.39, 0.29) is 11.3 Å². The van der Waals surface area contributed by atoms with Crippen molar-refractivity contribution in [1.82, 2.24) is 9.97 Å². The largest absolute Gasteiger partial charge is 0.465 e. The smallest absolute Gasteiger partial charge is 0.451 e. The predicted octanol–water partition coefficient (Wildman–Crippen LogP) is 4.09. The molecule has 0 atom stereocenters. The second-order valence-electron chi connectivity index (χ2n) is 5.78. The lowest BCUT2D eigenvalue weighted by molar-refractivity contribution is -0.144. The summed E-state index contributed by atoms with van der Waals surface area (Å²) in [5.41, 5.74) is 1.58. The van der Waals surface area contributed by atoms with E-state index in [1.807, 2.05) is 0 Å². The number of hydrogen-bond donors (Lipinski definition) is 1. The molecule has 0 saturated carbocycles. The number of carbonyl (C=O) groups excluding carboxylic acids is 1. The SMILES string of the molecule is COC(=O)c1ccc(CCNc2nc(C(F)(F)F)nc3ccccc23)cc1. The molecule has 0 aliphatic carbocycles. The third-order valence-electron chi connectivity index (χ3n) is 3.94. The number of carbonyl (C=O) groups is 1. The minimum absolute atomic E-state index is 0.138. The third kappa shape index (κ3) is 4.33. The summed E-state index contributed by atoms with van der Waals surface area (Å²) in [5.74, 6) is -1.46. The maximum atomic E-state index is 13.0. The Morgan fingerprint density at radius 2 is 1.78 bits per heavy atom. The number of alkyl halides is 3. The summed E-state index contributed by atoms with van der Waals surface area (Å²) in [6.45, 7) is 0.371. The van der Waals surface area contributed by atoms with E-state index in [0.717, 1.165) is 5.56 Å². The van der Waals surface area contributed by atoms with Crippen LogP contribution in [0.3, 0.4) is 0 Å². The second kappa shape index (κ2) is 7.61. The first kappa shape index (κ1) is 18.6. The molecule has 0 aliphatic heterocycles. The summed E-state index contributed by atoms with van der Waals surface area (Å²) >= 11 is 0. The van der Waals surface area contributed by atoms with Crippen LogP contribution in [0.2, 0.25) is 0 Å². The number of benzene rings is 2. The molecular formula is C19H16F3N3O2. The van der Waals surface area contributed by atoms with Gasteiger partial charge in [-0.25, -0.2) is 14.8 Å². The number of ether oxygens (including phenoxy) is 1. The van der Waals surface area contributed by atoms with Crippen molar-refractivity contribution in [2.45, 2.75) is 12.6 Å².